The van der Waals surface area contributed by atoms with Gasteiger partial charge in [-0.15, -0.1) is 0 Å². The van der Waals surface area contributed by atoms with Gasteiger partial charge >= 0.3 is 6.03 Å². The van der Waals surface area contributed by atoms with Crippen molar-refractivity contribution in [1.29, 1.82) is 0 Å². The minimum absolute atomic E-state index is 0.0334. The van der Waals surface area contributed by atoms with E-state index in [0.717, 1.165) is 24.1 Å². The van der Waals surface area contributed by atoms with Crippen LogP contribution in [-0.4, -0.2) is 35.3 Å². The number of aliphatic hydroxyl groups is 1. The van der Waals surface area contributed by atoms with Crippen LogP contribution < -0.4 is 10.6 Å². The van der Waals surface area contributed by atoms with Crippen LogP contribution in [0.5, 0.6) is 0 Å². The van der Waals surface area contributed by atoms with Crippen LogP contribution in [0.15, 0.2) is 18.3 Å². The van der Waals surface area contributed by atoms with E-state index in [-0.39, 0.29) is 18.7 Å². The molecular formula is C14H23N3O2. The molecule has 3 N–H and O–H groups in total. The Kier molecular flexibility index (Phi) is 6.89. The number of carbonyl (C=O) groups is 1. The van der Waals surface area contributed by atoms with Crippen molar-refractivity contribution in [3.8, 4) is 0 Å². The van der Waals surface area contributed by atoms with Crippen LogP contribution in [0.3, 0.4) is 0 Å². The molecule has 1 heterocycles. The molecule has 5 nitrogen and oxygen atoms in total. The number of carbonyl (C=O) groups excluding carboxylic acids is 1. The molecule has 0 saturated heterocycles. The summed E-state index contributed by atoms with van der Waals surface area (Å²) < 4.78 is 0. The van der Waals surface area contributed by atoms with Gasteiger partial charge in [0.05, 0.1) is 0 Å². The fourth-order valence-electron chi connectivity index (χ4n) is 1.74. The van der Waals surface area contributed by atoms with E-state index >= 15 is 0 Å². The predicted octanol–water partition coefficient (Wildman–Crippen LogP) is 1.39. The molecule has 0 aliphatic rings. The topological polar surface area (TPSA) is 74.2 Å². The Morgan fingerprint density at radius 3 is 2.84 bits per heavy atom. The minimum atomic E-state index is -0.180. The van der Waals surface area contributed by atoms with Gasteiger partial charge in [-0.3, -0.25) is 4.98 Å². The summed E-state index contributed by atoms with van der Waals surface area (Å²) in [6, 6.07) is 3.83. The normalized spacial score (nSPS) is 11.9. The summed E-state index contributed by atoms with van der Waals surface area (Å²) in [6.45, 7) is 4.60. The summed E-state index contributed by atoms with van der Waals surface area (Å²) in [5, 5.41) is 14.5. The van der Waals surface area contributed by atoms with Crippen LogP contribution in [0.2, 0.25) is 0 Å². The molecule has 19 heavy (non-hydrogen) atoms. The zero-order chi connectivity index (χ0) is 14.1. The predicted molar refractivity (Wildman–Crippen MR) is 75.0 cm³/mol. The Bertz CT molecular complexity index is 379. The van der Waals surface area contributed by atoms with Gasteiger partial charge in [0.1, 0.15) is 0 Å². The molecule has 0 aromatic carbocycles. The molecule has 0 aliphatic heterocycles. The lowest BCUT2D eigenvalue weighted by atomic mass is 10.1. The van der Waals surface area contributed by atoms with Crippen LogP contribution in [-0.2, 0) is 6.42 Å². The van der Waals surface area contributed by atoms with Crippen molar-refractivity contribution in [2.75, 3.05) is 13.2 Å². The Labute approximate surface area is 114 Å². The second-order valence-electron chi connectivity index (χ2n) is 4.58. The molecule has 0 saturated carbocycles. The fourth-order valence-corrected chi connectivity index (χ4v) is 1.74. The Morgan fingerprint density at radius 1 is 1.47 bits per heavy atom. The molecule has 0 fully saturated rings. The van der Waals surface area contributed by atoms with Gasteiger partial charge in [0.25, 0.3) is 0 Å². The third-order valence-electron chi connectivity index (χ3n) is 2.98. The smallest absolute Gasteiger partial charge is 0.315 e. The van der Waals surface area contributed by atoms with Crippen molar-refractivity contribution in [2.45, 2.75) is 39.2 Å². The number of pyridine rings is 1. The van der Waals surface area contributed by atoms with Gasteiger partial charge in [-0.25, -0.2) is 4.79 Å². The first kappa shape index (κ1) is 15.4. The van der Waals surface area contributed by atoms with Crippen LogP contribution in [0.25, 0.3) is 0 Å². The number of hydrogen-bond donors (Lipinski definition) is 3. The minimum Gasteiger partial charge on any atom is -0.396 e. The molecule has 0 bridgehead atoms. The van der Waals surface area contributed by atoms with E-state index in [4.69, 9.17) is 5.11 Å². The van der Waals surface area contributed by atoms with E-state index in [0.29, 0.717) is 13.0 Å². The molecule has 1 unspecified atom stereocenters. The first-order valence-electron chi connectivity index (χ1n) is 6.72. The first-order valence-corrected chi connectivity index (χ1v) is 6.72. The number of urea groups is 1. The average molecular weight is 265 g/mol. The SMILES string of the molecule is CCC(CCO)NC(=O)NCCc1ccc(C)nc1. The third-order valence-corrected chi connectivity index (χ3v) is 2.98. The number of nitrogens with zero attached hydrogens (tertiary/aromatic N) is 1. The quantitative estimate of drug-likeness (QED) is 0.697. The number of hydrogen-bond acceptors (Lipinski definition) is 3. The highest BCUT2D eigenvalue weighted by Gasteiger charge is 2.08. The third kappa shape index (κ3) is 6.20. The lowest BCUT2D eigenvalue weighted by Crippen LogP contribution is -2.42. The van der Waals surface area contributed by atoms with Crippen molar-refractivity contribution in [3.05, 3.63) is 29.6 Å². The van der Waals surface area contributed by atoms with Crippen LogP contribution in [0.1, 0.15) is 31.0 Å². The van der Waals surface area contributed by atoms with Crippen molar-refractivity contribution in [3.63, 3.8) is 0 Å². The number of amides is 2. The first-order chi connectivity index (χ1) is 9.15. The molecule has 0 spiro atoms. The molecule has 1 aromatic rings. The summed E-state index contributed by atoms with van der Waals surface area (Å²) in [4.78, 5) is 15.8. The van der Waals surface area contributed by atoms with Gasteiger partial charge in [0.15, 0.2) is 0 Å². The maximum Gasteiger partial charge on any atom is 0.315 e. The fraction of sp³-hybridized carbons (Fsp3) is 0.571. The van der Waals surface area contributed by atoms with Crippen LogP contribution >= 0.6 is 0 Å². The number of aromatic nitrogens is 1. The standard InChI is InChI=1S/C14H23N3O2/c1-3-13(7-9-18)17-14(19)15-8-6-12-5-4-11(2)16-10-12/h4-5,10,13,18H,3,6-9H2,1-2H3,(H2,15,17,19). The molecule has 106 valence electrons. The second kappa shape index (κ2) is 8.48. The van der Waals surface area contributed by atoms with E-state index in [1.807, 2.05) is 32.2 Å². The molecule has 1 aromatic heterocycles. The largest absolute Gasteiger partial charge is 0.396 e. The summed E-state index contributed by atoms with van der Waals surface area (Å²) in [7, 11) is 0. The lowest BCUT2D eigenvalue weighted by molar-refractivity contribution is 0.228. The summed E-state index contributed by atoms with van der Waals surface area (Å²) in [6.07, 6.45) is 3.99. The second-order valence-corrected chi connectivity index (χ2v) is 4.58. The van der Waals surface area contributed by atoms with Crippen molar-refractivity contribution in [2.24, 2.45) is 0 Å². The van der Waals surface area contributed by atoms with Crippen molar-refractivity contribution < 1.29 is 9.90 Å². The van der Waals surface area contributed by atoms with Gasteiger partial charge in [-0.05, 0) is 37.8 Å². The number of nitrogens with one attached hydrogen (secondary N) is 2. The molecule has 1 rings (SSSR count). The Morgan fingerprint density at radius 2 is 2.26 bits per heavy atom. The maximum atomic E-state index is 11.6. The molecule has 5 heteroatoms. The van der Waals surface area contributed by atoms with Crippen molar-refractivity contribution in [1.82, 2.24) is 15.6 Å². The van der Waals surface area contributed by atoms with E-state index in [1.165, 1.54) is 0 Å². The zero-order valence-corrected chi connectivity index (χ0v) is 11.6. The maximum absolute atomic E-state index is 11.6. The molecule has 1 atom stereocenters. The number of rotatable bonds is 7. The monoisotopic (exact) mass is 265 g/mol. The van der Waals surface area contributed by atoms with Gasteiger partial charge < -0.3 is 15.7 Å². The molecular weight excluding hydrogens is 242 g/mol. The van der Waals surface area contributed by atoms with E-state index in [1.54, 1.807) is 0 Å². The highest BCUT2D eigenvalue weighted by Crippen LogP contribution is 1.99. The van der Waals surface area contributed by atoms with Crippen LogP contribution in [0.4, 0.5) is 4.79 Å². The van der Waals surface area contributed by atoms with Gasteiger partial charge in [0, 0.05) is 31.1 Å². The summed E-state index contributed by atoms with van der Waals surface area (Å²) in [5.41, 5.74) is 2.09. The van der Waals surface area contributed by atoms with Crippen LogP contribution in [0, 0.1) is 6.92 Å². The highest BCUT2D eigenvalue weighted by molar-refractivity contribution is 5.74. The van der Waals surface area contributed by atoms with Gasteiger partial charge in [-0.1, -0.05) is 13.0 Å². The Hall–Kier alpha value is -1.62. The van der Waals surface area contributed by atoms with Crippen molar-refractivity contribution >= 4 is 6.03 Å². The number of aryl methyl sites for hydroxylation is 1. The Balaban J connectivity index is 2.24. The molecule has 2 amide bonds. The van der Waals surface area contributed by atoms with E-state index in [9.17, 15) is 4.79 Å². The lowest BCUT2D eigenvalue weighted by Gasteiger charge is -2.16. The highest BCUT2D eigenvalue weighted by atomic mass is 16.3. The molecule has 0 aliphatic carbocycles. The van der Waals surface area contributed by atoms with Gasteiger partial charge in [-0.2, -0.15) is 0 Å². The van der Waals surface area contributed by atoms with Gasteiger partial charge in [0.2, 0.25) is 0 Å². The van der Waals surface area contributed by atoms with E-state index in [2.05, 4.69) is 15.6 Å². The molecule has 0 radical (unpaired) electrons. The summed E-state index contributed by atoms with van der Waals surface area (Å²) >= 11 is 0. The van der Waals surface area contributed by atoms with E-state index < -0.39 is 0 Å². The average Bonchev–Trinajstić information content (AvgIpc) is 2.40. The number of aliphatic hydroxyl groups excluding tert-OH is 1. The zero-order valence-electron chi connectivity index (χ0n) is 11.6. The summed E-state index contributed by atoms with van der Waals surface area (Å²) in [5.74, 6) is 0.